The lowest BCUT2D eigenvalue weighted by Gasteiger charge is -2.18. The topological polar surface area (TPSA) is 68.0 Å². The zero-order chi connectivity index (χ0) is 16.2. The van der Waals surface area contributed by atoms with Crippen LogP contribution in [0.15, 0.2) is 24.3 Å². The number of amides is 1. The van der Waals surface area contributed by atoms with Crippen LogP contribution in [0.1, 0.15) is 42.3 Å². The minimum absolute atomic E-state index is 0. The molecule has 1 unspecified atom stereocenters. The molecule has 1 aliphatic rings. The van der Waals surface area contributed by atoms with E-state index in [1.807, 2.05) is 24.3 Å². The Hall–Kier alpha value is -1.59. The Morgan fingerprint density at radius 1 is 1.42 bits per heavy atom. The maximum absolute atomic E-state index is 12.1. The fraction of sp³-hybridized carbons (Fsp3) is 0.444. The summed E-state index contributed by atoms with van der Waals surface area (Å²) < 4.78 is 0. The maximum atomic E-state index is 12.1. The minimum Gasteiger partial charge on any atom is -0.399 e. The summed E-state index contributed by atoms with van der Waals surface area (Å²) in [4.78, 5) is 18.1. The Labute approximate surface area is 153 Å². The van der Waals surface area contributed by atoms with Gasteiger partial charge < -0.3 is 11.1 Å². The molecule has 3 N–H and O–H groups in total. The van der Waals surface area contributed by atoms with Gasteiger partial charge in [0, 0.05) is 17.0 Å². The second-order valence-corrected chi connectivity index (χ2v) is 7.24. The van der Waals surface area contributed by atoms with E-state index < -0.39 is 0 Å². The molecule has 1 aliphatic carbocycles. The van der Waals surface area contributed by atoms with Crippen molar-refractivity contribution in [2.24, 2.45) is 5.92 Å². The van der Waals surface area contributed by atoms with Crippen molar-refractivity contribution >= 4 is 40.5 Å². The summed E-state index contributed by atoms with van der Waals surface area (Å²) in [7, 11) is 0. The lowest BCUT2D eigenvalue weighted by atomic mass is 9.89. The number of thiazole rings is 1. The van der Waals surface area contributed by atoms with Crippen molar-refractivity contribution in [1.29, 1.82) is 0 Å². The number of nitrogens with two attached hydrogens (primary N) is 1. The number of rotatable bonds is 5. The first-order valence-corrected chi connectivity index (χ1v) is 9.09. The first-order valence-electron chi connectivity index (χ1n) is 8.27. The molecule has 0 radical (unpaired) electrons. The van der Waals surface area contributed by atoms with Crippen molar-refractivity contribution in [3.05, 3.63) is 40.4 Å². The van der Waals surface area contributed by atoms with Crippen LogP contribution in [-0.4, -0.2) is 10.9 Å². The van der Waals surface area contributed by atoms with Gasteiger partial charge in [-0.1, -0.05) is 31.5 Å². The number of nitrogens with zero attached hydrogens (tertiary/aromatic N) is 1. The van der Waals surface area contributed by atoms with Crippen molar-refractivity contribution in [1.82, 2.24) is 4.98 Å². The third-order valence-electron chi connectivity index (χ3n) is 4.54. The zero-order valence-corrected chi connectivity index (χ0v) is 15.5. The highest BCUT2D eigenvalue weighted by atomic mass is 35.5. The second kappa shape index (κ2) is 8.49. The van der Waals surface area contributed by atoms with Gasteiger partial charge in [-0.3, -0.25) is 4.79 Å². The number of carbonyl (C=O) groups excluding carboxylic acids is 1. The highest BCUT2D eigenvalue weighted by molar-refractivity contribution is 7.15. The molecule has 1 heterocycles. The first kappa shape index (κ1) is 18.7. The fourth-order valence-corrected chi connectivity index (χ4v) is 4.18. The number of nitrogens with one attached hydrogen (secondary N) is 1. The number of para-hydroxylation sites is 1. The van der Waals surface area contributed by atoms with Gasteiger partial charge in [-0.2, -0.15) is 0 Å². The molecule has 6 heteroatoms. The summed E-state index contributed by atoms with van der Waals surface area (Å²) in [5, 5.41) is 3.70. The number of nitrogen functional groups attached to an aromatic ring is 1. The average molecular weight is 366 g/mol. The lowest BCUT2D eigenvalue weighted by molar-refractivity contribution is -0.116. The molecule has 4 nitrogen and oxygen atoms in total. The van der Waals surface area contributed by atoms with Crippen LogP contribution >= 0.6 is 23.7 Å². The molecule has 0 spiro atoms. The van der Waals surface area contributed by atoms with Gasteiger partial charge in [0.2, 0.25) is 5.91 Å². The second-order valence-electron chi connectivity index (χ2n) is 6.15. The fourth-order valence-electron chi connectivity index (χ4n) is 3.04. The largest absolute Gasteiger partial charge is 0.399 e. The smallest absolute Gasteiger partial charge is 0.226 e. The summed E-state index contributed by atoms with van der Waals surface area (Å²) in [6, 6.07) is 7.69. The van der Waals surface area contributed by atoms with Crippen LogP contribution in [0.2, 0.25) is 0 Å². The molecule has 1 amide bonds. The monoisotopic (exact) mass is 365 g/mol. The lowest BCUT2D eigenvalue weighted by Crippen LogP contribution is -2.13. The number of fused-ring (bicyclic) bond motifs is 1. The van der Waals surface area contributed by atoms with E-state index in [1.165, 1.54) is 23.4 Å². The predicted octanol–water partition coefficient (Wildman–Crippen LogP) is 4.23. The normalized spacial score (nSPS) is 16.1. The molecule has 0 saturated heterocycles. The van der Waals surface area contributed by atoms with Gasteiger partial charge >= 0.3 is 0 Å². The van der Waals surface area contributed by atoms with E-state index >= 15 is 0 Å². The summed E-state index contributed by atoms with van der Waals surface area (Å²) in [5.41, 5.74) is 8.86. The van der Waals surface area contributed by atoms with Crippen LogP contribution in [0.5, 0.6) is 0 Å². The summed E-state index contributed by atoms with van der Waals surface area (Å²) >= 11 is 1.64. The van der Waals surface area contributed by atoms with Crippen molar-refractivity contribution in [3.63, 3.8) is 0 Å². The van der Waals surface area contributed by atoms with Gasteiger partial charge in [0.05, 0.1) is 5.69 Å². The number of anilines is 2. The SMILES string of the molecule is CCC1CCc2nc(NC(=O)CCc3ccccc3N)sc2C1.Cl. The Kier molecular flexibility index (Phi) is 6.63. The van der Waals surface area contributed by atoms with Crippen molar-refractivity contribution in [2.45, 2.75) is 45.4 Å². The Morgan fingerprint density at radius 2 is 2.21 bits per heavy atom. The quantitative estimate of drug-likeness (QED) is 0.779. The Morgan fingerprint density at radius 3 is 2.96 bits per heavy atom. The minimum atomic E-state index is 0. The molecule has 0 bridgehead atoms. The van der Waals surface area contributed by atoms with E-state index in [4.69, 9.17) is 5.73 Å². The van der Waals surface area contributed by atoms with Gasteiger partial charge in [0.15, 0.2) is 5.13 Å². The third-order valence-corrected chi connectivity index (χ3v) is 5.58. The van der Waals surface area contributed by atoms with E-state index in [-0.39, 0.29) is 18.3 Å². The van der Waals surface area contributed by atoms with Crippen LogP contribution in [0.4, 0.5) is 10.8 Å². The molecular formula is C18H24ClN3OS. The molecule has 3 rings (SSSR count). The first-order chi connectivity index (χ1) is 11.2. The molecule has 0 fully saturated rings. The summed E-state index contributed by atoms with van der Waals surface area (Å²) in [6.45, 7) is 2.24. The van der Waals surface area contributed by atoms with E-state index in [0.717, 1.165) is 35.1 Å². The van der Waals surface area contributed by atoms with Gasteiger partial charge in [0.25, 0.3) is 0 Å². The number of hydrogen-bond acceptors (Lipinski definition) is 4. The maximum Gasteiger partial charge on any atom is 0.226 e. The summed E-state index contributed by atoms with van der Waals surface area (Å²) in [6.07, 6.45) is 5.67. The molecule has 1 aromatic carbocycles. The van der Waals surface area contributed by atoms with Crippen molar-refractivity contribution in [2.75, 3.05) is 11.1 Å². The highest BCUT2D eigenvalue weighted by Gasteiger charge is 2.21. The number of aromatic nitrogens is 1. The summed E-state index contributed by atoms with van der Waals surface area (Å²) in [5.74, 6) is 0.777. The average Bonchev–Trinajstić information content (AvgIpc) is 2.95. The highest BCUT2D eigenvalue weighted by Crippen LogP contribution is 2.33. The van der Waals surface area contributed by atoms with E-state index in [0.29, 0.717) is 12.8 Å². The molecule has 0 aliphatic heterocycles. The molecule has 130 valence electrons. The number of carbonyl (C=O) groups is 1. The van der Waals surface area contributed by atoms with Crippen LogP contribution in [0.3, 0.4) is 0 Å². The van der Waals surface area contributed by atoms with Crippen LogP contribution in [0.25, 0.3) is 0 Å². The number of benzene rings is 1. The molecular weight excluding hydrogens is 342 g/mol. The van der Waals surface area contributed by atoms with Gasteiger partial charge in [-0.05, 0) is 43.2 Å². The number of aryl methyl sites for hydroxylation is 2. The Balaban J connectivity index is 0.00000208. The molecule has 0 saturated carbocycles. The van der Waals surface area contributed by atoms with Crippen LogP contribution in [0, 0.1) is 5.92 Å². The molecule has 24 heavy (non-hydrogen) atoms. The van der Waals surface area contributed by atoms with Gasteiger partial charge in [0.1, 0.15) is 0 Å². The van der Waals surface area contributed by atoms with Crippen LogP contribution < -0.4 is 11.1 Å². The zero-order valence-electron chi connectivity index (χ0n) is 13.9. The van der Waals surface area contributed by atoms with Crippen LogP contribution in [-0.2, 0) is 24.1 Å². The molecule has 2 aromatic rings. The molecule has 1 atom stereocenters. The third kappa shape index (κ3) is 4.48. The van der Waals surface area contributed by atoms with E-state index in [9.17, 15) is 4.79 Å². The van der Waals surface area contributed by atoms with Crippen molar-refractivity contribution < 1.29 is 4.79 Å². The van der Waals surface area contributed by atoms with E-state index in [2.05, 4.69) is 17.2 Å². The standard InChI is InChI=1S/C18H23N3OS.ClH/c1-2-12-7-9-15-16(11-12)23-18(20-15)21-17(22)10-8-13-5-3-4-6-14(13)19;/h3-6,12H,2,7-11,19H2,1H3,(H,20,21,22);1H. The van der Waals surface area contributed by atoms with Crippen molar-refractivity contribution in [3.8, 4) is 0 Å². The van der Waals surface area contributed by atoms with Gasteiger partial charge in [-0.15, -0.1) is 23.7 Å². The van der Waals surface area contributed by atoms with Gasteiger partial charge in [-0.25, -0.2) is 4.98 Å². The predicted molar refractivity (Wildman–Crippen MR) is 103 cm³/mol. The number of halogens is 1. The molecule has 1 aromatic heterocycles. The Bertz CT molecular complexity index is 701. The number of hydrogen-bond donors (Lipinski definition) is 2. The van der Waals surface area contributed by atoms with E-state index in [1.54, 1.807) is 11.3 Å².